The van der Waals surface area contributed by atoms with Crippen LogP contribution in [0.15, 0.2) is 77.6 Å². The highest BCUT2D eigenvalue weighted by Gasteiger charge is 2.25. The summed E-state index contributed by atoms with van der Waals surface area (Å²) in [5.41, 5.74) is 3.97. The second kappa shape index (κ2) is 9.97. The Hall–Kier alpha value is -3.84. The molecule has 7 heteroatoms. The van der Waals surface area contributed by atoms with Crippen LogP contribution in [0.1, 0.15) is 16.8 Å². The fourth-order valence-corrected chi connectivity index (χ4v) is 4.14. The summed E-state index contributed by atoms with van der Waals surface area (Å²) in [7, 11) is 3.32. The van der Waals surface area contributed by atoms with E-state index >= 15 is 0 Å². The normalized spacial score (nSPS) is 18.9. The largest absolute Gasteiger partial charge is 0.498 e. The summed E-state index contributed by atoms with van der Waals surface area (Å²) in [4.78, 5) is 9.16. The van der Waals surface area contributed by atoms with E-state index in [9.17, 15) is 0 Å². The highest BCUT2D eigenvalue weighted by Crippen LogP contribution is 2.34. The maximum Gasteiger partial charge on any atom is 0.289 e. The Kier molecular flexibility index (Phi) is 6.44. The molecule has 2 aliphatic rings. The van der Waals surface area contributed by atoms with Crippen LogP contribution in [0.5, 0.6) is 11.5 Å². The number of hydrogen-bond donors (Lipinski definition) is 1. The van der Waals surface area contributed by atoms with E-state index < -0.39 is 0 Å². The Balaban J connectivity index is 1.24. The minimum atomic E-state index is -0.140. The fraction of sp³-hybridized carbons (Fsp3) is 0.259. The Bertz CT molecular complexity index is 1190. The van der Waals surface area contributed by atoms with Gasteiger partial charge >= 0.3 is 0 Å². The van der Waals surface area contributed by atoms with Gasteiger partial charge in [0.1, 0.15) is 30.0 Å². The van der Waals surface area contributed by atoms with E-state index in [2.05, 4.69) is 27.4 Å². The second-order valence-corrected chi connectivity index (χ2v) is 8.19. The van der Waals surface area contributed by atoms with Crippen molar-refractivity contribution in [3.05, 3.63) is 89.4 Å². The number of hydrogen-bond acceptors (Lipinski definition) is 7. The molecule has 0 radical (unpaired) electrons. The molecule has 34 heavy (non-hydrogen) atoms. The number of nitrogens with zero attached hydrogens (tertiary/aromatic N) is 2. The molecule has 1 aliphatic heterocycles. The van der Waals surface area contributed by atoms with E-state index in [1.807, 2.05) is 54.6 Å². The third-order valence-electron chi connectivity index (χ3n) is 5.90. The van der Waals surface area contributed by atoms with Crippen LogP contribution >= 0.6 is 0 Å². The van der Waals surface area contributed by atoms with Gasteiger partial charge < -0.3 is 24.3 Å². The van der Waals surface area contributed by atoms with Gasteiger partial charge in [0.05, 0.1) is 18.8 Å². The molecular weight excluding hydrogens is 430 g/mol. The molecule has 2 heterocycles. The van der Waals surface area contributed by atoms with E-state index in [-0.39, 0.29) is 12.1 Å². The summed E-state index contributed by atoms with van der Waals surface area (Å²) >= 11 is 0. The lowest BCUT2D eigenvalue weighted by Gasteiger charge is -2.24. The maximum atomic E-state index is 6.18. The van der Waals surface area contributed by atoms with Crippen LogP contribution in [-0.2, 0) is 27.1 Å². The van der Waals surface area contributed by atoms with Gasteiger partial charge in [-0.05, 0) is 48.4 Å². The number of methoxy groups -OCH3 is 2. The number of rotatable bonds is 7. The standard InChI is InChI=1S/C27H27N3O4/c1-31-25-15-22-23(16-26(25)32-2)28-13-12-24(22)34-21-10-8-19(9-11-21)29-27-30-20(17-33-27)14-18-6-4-3-5-7-18/h3-13,15,20,26H,14,16-17H2,1-2H3,(H,29,30). The Morgan fingerprint density at radius 3 is 2.62 bits per heavy atom. The third-order valence-corrected chi connectivity index (χ3v) is 5.90. The van der Waals surface area contributed by atoms with Gasteiger partial charge in [0.15, 0.2) is 0 Å². The van der Waals surface area contributed by atoms with Gasteiger partial charge in [-0.1, -0.05) is 30.3 Å². The van der Waals surface area contributed by atoms with Gasteiger partial charge in [0.2, 0.25) is 0 Å². The van der Waals surface area contributed by atoms with Crippen molar-refractivity contribution < 1.29 is 18.9 Å². The molecule has 0 fully saturated rings. The highest BCUT2D eigenvalue weighted by molar-refractivity contribution is 5.90. The monoisotopic (exact) mass is 457 g/mol. The SMILES string of the molecule is COC1=Cc2c(Oc3ccc(NC4=NC(Cc5ccccc5)CO4)cc3)ccnc2CC1OC. The summed E-state index contributed by atoms with van der Waals surface area (Å²) < 4.78 is 22.9. The van der Waals surface area contributed by atoms with Crippen molar-refractivity contribution in [1.29, 1.82) is 0 Å². The highest BCUT2D eigenvalue weighted by atomic mass is 16.5. The van der Waals surface area contributed by atoms with Crippen LogP contribution < -0.4 is 10.1 Å². The fourth-order valence-electron chi connectivity index (χ4n) is 4.14. The quantitative estimate of drug-likeness (QED) is 0.547. The average Bonchev–Trinajstić information content (AvgIpc) is 3.31. The van der Waals surface area contributed by atoms with Crippen LogP contribution in [0.4, 0.5) is 5.69 Å². The molecule has 5 rings (SSSR count). The topological polar surface area (TPSA) is 74.2 Å². The van der Waals surface area contributed by atoms with Crippen molar-refractivity contribution in [1.82, 2.24) is 4.98 Å². The molecule has 1 aromatic heterocycles. The number of fused-ring (bicyclic) bond motifs is 1. The van der Waals surface area contributed by atoms with E-state index in [4.69, 9.17) is 18.9 Å². The van der Waals surface area contributed by atoms with Crippen molar-refractivity contribution in [3.8, 4) is 11.5 Å². The van der Waals surface area contributed by atoms with Crippen LogP contribution in [0, 0.1) is 0 Å². The first-order valence-electron chi connectivity index (χ1n) is 11.3. The molecule has 3 aromatic rings. The third kappa shape index (κ3) is 4.89. The Morgan fingerprint density at radius 1 is 1.03 bits per heavy atom. The second-order valence-electron chi connectivity index (χ2n) is 8.19. The number of ether oxygens (including phenoxy) is 4. The molecule has 174 valence electrons. The molecule has 0 saturated heterocycles. The number of pyridine rings is 1. The zero-order valence-electron chi connectivity index (χ0n) is 19.2. The molecule has 2 atom stereocenters. The van der Waals surface area contributed by atoms with Crippen molar-refractivity contribution in [2.45, 2.75) is 25.0 Å². The molecule has 1 N–H and O–H groups in total. The van der Waals surface area contributed by atoms with Crippen molar-refractivity contribution in [2.24, 2.45) is 4.99 Å². The zero-order chi connectivity index (χ0) is 23.3. The minimum Gasteiger partial charge on any atom is -0.498 e. The van der Waals surface area contributed by atoms with Crippen molar-refractivity contribution in [3.63, 3.8) is 0 Å². The lowest BCUT2D eigenvalue weighted by Crippen LogP contribution is -2.23. The van der Waals surface area contributed by atoms with Crippen molar-refractivity contribution in [2.75, 3.05) is 26.1 Å². The number of aromatic nitrogens is 1. The number of amidine groups is 1. The molecule has 2 unspecified atom stereocenters. The van der Waals surface area contributed by atoms with E-state index in [1.54, 1.807) is 20.4 Å². The first-order chi connectivity index (χ1) is 16.7. The van der Waals surface area contributed by atoms with Crippen LogP contribution in [-0.4, -0.2) is 44.0 Å². The molecule has 7 nitrogen and oxygen atoms in total. The van der Waals surface area contributed by atoms with Crippen LogP contribution in [0.25, 0.3) is 6.08 Å². The molecule has 0 bridgehead atoms. The van der Waals surface area contributed by atoms with Gasteiger partial charge in [0, 0.05) is 31.0 Å². The molecule has 1 aliphatic carbocycles. The van der Waals surface area contributed by atoms with Crippen molar-refractivity contribution >= 4 is 17.8 Å². The lowest BCUT2D eigenvalue weighted by molar-refractivity contribution is 0.0786. The van der Waals surface area contributed by atoms with Gasteiger partial charge in [0.25, 0.3) is 6.02 Å². The first-order valence-corrected chi connectivity index (χ1v) is 11.3. The number of anilines is 1. The number of nitrogens with one attached hydrogen (secondary N) is 1. The molecule has 2 aromatic carbocycles. The lowest BCUT2D eigenvalue weighted by atomic mass is 9.98. The molecule has 0 amide bonds. The maximum absolute atomic E-state index is 6.18. The molecule has 0 saturated carbocycles. The predicted molar refractivity (Wildman–Crippen MR) is 131 cm³/mol. The predicted octanol–water partition coefficient (Wildman–Crippen LogP) is 4.84. The summed E-state index contributed by atoms with van der Waals surface area (Å²) in [6.07, 6.45) is 5.05. The first kappa shape index (κ1) is 22.0. The number of benzene rings is 2. The van der Waals surface area contributed by atoms with Gasteiger partial charge in [-0.15, -0.1) is 0 Å². The van der Waals surface area contributed by atoms with Gasteiger partial charge in [-0.25, -0.2) is 4.99 Å². The van der Waals surface area contributed by atoms with E-state index in [0.29, 0.717) is 19.0 Å². The number of aliphatic imine (C=N–C) groups is 1. The molecule has 0 spiro atoms. The zero-order valence-corrected chi connectivity index (χ0v) is 19.2. The van der Waals surface area contributed by atoms with E-state index in [1.165, 1.54) is 5.56 Å². The van der Waals surface area contributed by atoms with Gasteiger partial charge in [-0.3, -0.25) is 4.98 Å². The van der Waals surface area contributed by atoms with E-state index in [0.717, 1.165) is 40.6 Å². The molecular formula is C27H27N3O4. The summed E-state index contributed by atoms with van der Waals surface area (Å²) in [5, 5.41) is 3.24. The van der Waals surface area contributed by atoms with Crippen LogP contribution in [0.3, 0.4) is 0 Å². The summed E-state index contributed by atoms with van der Waals surface area (Å²) in [6, 6.07) is 20.6. The van der Waals surface area contributed by atoms with Gasteiger partial charge in [-0.2, -0.15) is 0 Å². The minimum absolute atomic E-state index is 0.119. The Morgan fingerprint density at radius 2 is 1.85 bits per heavy atom. The summed E-state index contributed by atoms with van der Waals surface area (Å²) in [6.45, 7) is 0.576. The average molecular weight is 458 g/mol. The smallest absolute Gasteiger partial charge is 0.289 e. The Labute approximate surface area is 199 Å². The summed E-state index contributed by atoms with van der Waals surface area (Å²) in [5.74, 6) is 2.20. The van der Waals surface area contributed by atoms with Crippen LogP contribution in [0.2, 0.25) is 0 Å².